The third kappa shape index (κ3) is 3.46. The number of nitrogens with zero attached hydrogens (tertiary/aromatic N) is 3. The summed E-state index contributed by atoms with van der Waals surface area (Å²) in [5.74, 6) is -0.893. The van der Waals surface area contributed by atoms with Gasteiger partial charge in [0, 0.05) is 24.8 Å². The van der Waals surface area contributed by atoms with Gasteiger partial charge in [-0.3, -0.25) is 4.79 Å². The first-order chi connectivity index (χ1) is 11.9. The molecule has 6 nitrogen and oxygen atoms in total. The molecule has 7 heteroatoms. The molecule has 1 aliphatic rings. The summed E-state index contributed by atoms with van der Waals surface area (Å²) in [5.41, 5.74) is -0.102. The Morgan fingerprint density at radius 2 is 2.20 bits per heavy atom. The number of benzene rings is 1. The van der Waals surface area contributed by atoms with Crippen molar-refractivity contribution in [2.24, 2.45) is 5.41 Å². The highest BCUT2D eigenvalue weighted by Gasteiger charge is 2.49. The molecule has 0 radical (unpaired) electrons. The number of aryl methyl sites for hydroxylation is 1. The molecule has 0 bridgehead atoms. The number of anilines is 1. The Bertz CT molecular complexity index is 786. The van der Waals surface area contributed by atoms with Gasteiger partial charge >= 0.3 is 5.97 Å². The zero-order chi connectivity index (χ0) is 18.0. The van der Waals surface area contributed by atoms with Crippen LogP contribution in [0.15, 0.2) is 36.7 Å². The molecule has 25 heavy (non-hydrogen) atoms. The molecule has 2 heterocycles. The van der Waals surface area contributed by atoms with Crippen LogP contribution in [0.1, 0.15) is 17.7 Å². The predicted octanol–water partition coefficient (Wildman–Crippen LogP) is 1.81. The van der Waals surface area contributed by atoms with Gasteiger partial charge in [-0.15, -0.1) is 0 Å². The van der Waals surface area contributed by atoms with Crippen LogP contribution in [0.4, 0.5) is 10.2 Å². The molecule has 0 unspecified atom stereocenters. The van der Waals surface area contributed by atoms with Gasteiger partial charge < -0.3 is 15.1 Å². The normalized spacial score (nSPS) is 23.5. The fourth-order valence-corrected chi connectivity index (χ4v) is 3.36. The monoisotopic (exact) mass is 345 g/mol. The minimum atomic E-state index is -1.43. The summed E-state index contributed by atoms with van der Waals surface area (Å²) in [6, 6.07) is 7.62. The number of hydrogen-bond donors (Lipinski definition) is 2. The summed E-state index contributed by atoms with van der Waals surface area (Å²) in [4.78, 5) is 22.2. The standard InChI is InChI=1S/C18H20FN3O3/c1-12-7-16(21-11-20-12)22-6-5-15(23)18(10-22,17(24)25)9-13-3-2-4-14(19)8-13/h2-4,7-8,11,15,23H,5-6,9-10H2,1H3,(H,24,25)/t15-,18+/m0/s1. The van der Waals surface area contributed by atoms with Crippen molar-refractivity contribution in [1.29, 1.82) is 0 Å². The van der Waals surface area contributed by atoms with E-state index in [2.05, 4.69) is 9.97 Å². The summed E-state index contributed by atoms with van der Waals surface area (Å²) in [5, 5.41) is 20.4. The van der Waals surface area contributed by atoms with Crippen molar-refractivity contribution in [3.63, 3.8) is 0 Å². The lowest BCUT2D eigenvalue weighted by atomic mass is 9.73. The van der Waals surface area contributed by atoms with Crippen molar-refractivity contribution >= 4 is 11.8 Å². The highest BCUT2D eigenvalue weighted by atomic mass is 19.1. The average molecular weight is 345 g/mol. The minimum absolute atomic E-state index is 0.0435. The van der Waals surface area contributed by atoms with E-state index >= 15 is 0 Å². The number of aliphatic hydroxyl groups is 1. The Balaban J connectivity index is 1.94. The SMILES string of the molecule is Cc1cc(N2CC[C@H](O)[C@](Cc3cccc(F)c3)(C(=O)O)C2)ncn1. The molecule has 2 aromatic rings. The Kier molecular flexibility index (Phi) is 4.67. The quantitative estimate of drug-likeness (QED) is 0.879. The molecule has 0 spiro atoms. The van der Waals surface area contributed by atoms with E-state index in [0.29, 0.717) is 24.3 Å². The van der Waals surface area contributed by atoms with E-state index < -0.39 is 23.3 Å². The Morgan fingerprint density at radius 3 is 2.88 bits per heavy atom. The van der Waals surface area contributed by atoms with Crippen LogP contribution in [0.2, 0.25) is 0 Å². The van der Waals surface area contributed by atoms with Gasteiger partial charge in [-0.05, 0) is 37.5 Å². The van der Waals surface area contributed by atoms with Gasteiger partial charge in [0.1, 0.15) is 23.4 Å². The summed E-state index contributed by atoms with van der Waals surface area (Å²) in [6.45, 7) is 2.42. The minimum Gasteiger partial charge on any atom is -0.481 e. The van der Waals surface area contributed by atoms with Crippen LogP contribution in [0.3, 0.4) is 0 Å². The molecule has 0 aliphatic carbocycles. The van der Waals surface area contributed by atoms with E-state index in [1.165, 1.54) is 18.5 Å². The smallest absolute Gasteiger partial charge is 0.314 e. The van der Waals surface area contributed by atoms with Crippen LogP contribution in [0.5, 0.6) is 0 Å². The first kappa shape index (κ1) is 17.3. The highest BCUT2D eigenvalue weighted by Crippen LogP contribution is 2.36. The molecule has 3 rings (SSSR count). The molecule has 1 fully saturated rings. The Labute approximate surface area is 145 Å². The number of hydrogen-bond acceptors (Lipinski definition) is 5. The lowest BCUT2D eigenvalue weighted by Crippen LogP contribution is -2.57. The van der Waals surface area contributed by atoms with Gasteiger partial charge in [-0.1, -0.05) is 12.1 Å². The van der Waals surface area contributed by atoms with Crippen molar-refractivity contribution in [2.75, 3.05) is 18.0 Å². The Hall–Kier alpha value is -2.54. The molecule has 1 aromatic carbocycles. The molecule has 1 aromatic heterocycles. The van der Waals surface area contributed by atoms with E-state index in [9.17, 15) is 19.4 Å². The maximum atomic E-state index is 13.5. The van der Waals surface area contributed by atoms with Crippen LogP contribution in [-0.2, 0) is 11.2 Å². The summed E-state index contributed by atoms with van der Waals surface area (Å²) in [6.07, 6.45) is 0.754. The van der Waals surface area contributed by atoms with Crippen LogP contribution < -0.4 is 4.90 Å². The van der Waals surface area contributed by atoms with Gasteiger partial charge in [0.05, 0.1) is 6.10 Å². The fourth-order valence-electron chi connectivity index (χ4n) is 3.36. The predicted molar refractivity (Wildman–Crippen MR) is 89.8 cm³/mol. The van der Waals surface area contributed by atoms with E-state index in [0.717, 1.165) is 5.69 Å². The number of rotatable bonds is 4. The van der Waals surface area contributed by atoms with Crippen LogP contribution in [-0.4, -0.2) is 45.3 Å². The molecular formula is C18H20FN3O3. The van der Waals surface area contributed by atoms with E-state index in [-0.39, 0.29) is 13.0 Å². The number of carboxylic acid groups (broad SMARTS) is 1. The maximum Gasteiger partial charge on any atom is 0.314 e. The highest BCUT2D eigenvalue weighted by molar-refractivity contribution is 5.77. The van der Waals surface area contributed by atoms with Gasteiger partial charge in [-0.2, -0.15) is 0 Å². The number of carboxylic acids is 1. The number of carbonyl (C=O) groups is 1. The van der Waals surface area contributed by atoms with Crippen LogP contribution in [0.25, 0.3) is 0 Å². The lowest BCUT2D eigenvalue weighted by molar-refractivity contribution is -0.157. The van der Waals surface area contributed by atoms with Gasteiger partial charge in [0.2, 0.25) is 0 Å². The summed E-state index contributed by atoms with van der Waals surface area (Å²) in [7, 11) is 0. The third-order valence-corrected chi connectivity index (χ3v) is 4.73. The van der Waals surface area contributed by atoms with E-state index in [1.807, 2.05) is 11.8 Å². The largest absolute Gasteiger partial charge is 0.481 e. The molecule has 1 saturated heterocycles. The van der Waals surface area contributed by atoms with Crippen molar-refractivity contribution in [3.8, 4) is 0 Å². The van der Waals surface area contributed by atoms with Crippen molar-refractivity contribution in [1.82, 2.24) is 9.97 Å². The molecular weight excluding hydrogens is 325 g/mol. The zero-order valence-corrected chi connectivity index (χ0v) is 13.9. The second-order valence-corrected chi connectivity index (χ2v) is 6.51. The maximum absolute atomic E-state index is 13.5. The second kappa shape index (κ2) is 6.76. The van der Waals surface area contributed by atoms with Crippen molar-refractivity contribution < 1.29 is 19.4 Å². The zero-order valence-electron chi connectivity index (χ0n) is 13.9. The average Bonchev–Trinajstić information content (AvgIpc) is 2.57. The van der Waals surface area contributed by atoms with Crippen LogP contribution in [0, 0.1) is 18.2 Å². The van der Waals surface area contributed by atoms with E-state index in [4.69, 9.17) is 0 Å². The lowest BCUT2D eigenvalue weighted by Gasteiger charge is -2.44. The van der Waals surface area contributed by atoms with E-state index in [1.54, 1.807) is 18.2 Å². The first-order valence-electron chi connectivity index (χ1n) is 8.10. The molecule has 1 aliphatic heterocycles. The van der Waals surface area contributed by atoms with Gasteiger partial charge in [0.25, 0.3) is 0 Å². The first-order valence-corrected chi connectivity index (χ1v) is 8.10. The molecule has 2 N–H and O–H groups in total. The topological polar surface area (TPSA) is 86.5 Å². The molecule has 132 valence electrons. The molecule has 2 atom stereocenters. The molecule has 0 saturated carbocycles. The number of halogens is 1. The second-order valence-electron chi connectivity index (χ2n) is 6.51. The number of piperidine rings is 1. The van der Waals surface area contributed by atoms with Crippen LogP contribution >= 0.6 is 0 Å². The molecule has 0 amide bonds. The number of aliphatic hydroxyl groups excluding tert-OH is 1. The Morgan fingerprint density at radius 1 is 1.40 bits per heavy atom. The third-order valence-electron chi connectivity index (χ3n) is 4.73. The van der Waals surface area contributed by atoms with Crippen molar-refractivity contribution in [2.45, 2.75) is 25.9 Å². The van der Waals surface area contributed by atoms with Gasteiger partial charge in [0.15, 0.2) is 0 Å². The summed E-state index contributed by atoms with van der Waals surface area (Å²) < 4.78 is 13.5. The number of aromatic nitrogens is 2. The van der Waals surface area contributed by atoms with Crippen molar-refractivity contribution in [3.05, 3.63) is 53.7 Å². The van der Waals surface area contributed by atoms with Gasteiger partial charge in [-0.25, -0.2) is 14.4 Å². The summed E-state index contributed by atoms with van der Waals surface area (Å²) >= 11 is 0. The fraction of sp³-hybridized carbons (Fsp3) is 0.389. The number of aliphatic carboxylic acids is 1.